The molecule has 418 valence electrons. The third kappa shape index (κ3) is 23.5. The Morgan fingerprint density at radius 1 is 0.479 bits per heavy atom. The van der Waals surface area contributed by atoms with Crippen LogP contribution in [-0.2, 0) is 33.2 Å². The van der Waals surface area contributed by atoms with E-state index in [1.165, 1.54) is 109 Å². The molecule has 3 aliphatic rings. The van der Waals surface area contributed by atoms with E-state index >= 15 is 0 Å². The number of hydrogen-bond acceptors (Lipinski definition) is 18. The third-order valence-corrected chi connectivity index (χ3v) is 14.0. The van der Waals surface area contributed by atoms with Crippen LogP contribution in [0.25, 0.3) is 0 Å². The van der Waals surface area contributed by atoms with Crippen molar-refractivity contribution in [2.24, 2.45) is 0 Å². The summed E-state index contributed by atoms with van der Waals surface area (Å²) in [6.45, 7) is 2.18. The summed E-state index contributed by atoms with van der Waals surface area (Å²) >= 11 is 0. The lowest BCUT2D eigenvalue weighted by atomic mass is 9.98. The zero-order valence-electron chi connectivity index (χ0n) is 43.0. The van der Waals surface area contributed by atoms with E-state index in [2.05, 4.69) is 19.2 Å². The largest absolute Gasteiger partial charge is 0.394 e. The molecule has 3 fully saturated rings. The van der Waals surface area contributed by atoms with Gasteiger partial charge in [-0.3, -0.25) is 4.79 Å². The predicted octanol–water partition coefficient (Wildman–Crippen LogP) is 3.04. The van der Waals surface area contributed by atoms with Crippen molar-refractivity contribution in [2.75, 3.05) is 26.4 Å². The molecule has 0 bridgehead atoms. The summed E-state index contributed by atoms with van der Waals surface area (Å²) < 4.78 is 33.8. The molecule has 0 radical (unpaired) electrons. The standard InChI is InChI=1S/C52H97NO18/c1-3-5-7-9-11-13-15-17-19-21-23-25-27-29-36(55)35(53-40(56)30-28-26-24-22-20-18-16-14-12-10-8-6-4-2)32-66-50-48(64)45(61)42(58)38(70-50)34-68-52-49(65)46(62)43(59)39(71-52)33-67-51-47(63)44(60)41(57)37(31-54)69-51/h27,29,35-39,41-52,54-55,57-65H,3-26,28,30-34H2,1-2H3,(H,53,56). The summed E-state index contributed by atoms with van der Waals surface area (Å²) in [5.41, 5.74) is 0. The van der Waals surface area contributed by atoms with Crippen LogP contribution in [0.1, 0.15) is 181 Å². The summed E-state index contributed by atoms with van der Waals surface area (Å²) in [7, 11) is 0. The van der Waals surface area contributed by atoms with Crippen LogP contribution in [0.15, 0.2) is 12.2 Å². The first-order valence-corrected chi connectivity index (χ1v) is 27.4. The highest BCUT2D eigenvalue weighted by atomic mass is 16.7. The maximum atomic E-state index is 13.2. The molecule has 17 atom stereocenters. The normalized spacial score (nSPS) is 32.3. The number of ether oxygens (including phenoxy) is 6. The molecule has 19 nitrogen and oxygen atoms in total. The topological polar surface area (TPSA) is 307 Å². The average molecular weight is 1020 g/mol. The lowest BCUT2D eigenvalue weighted by Crippen LogP contribution is -2.63. The number of nitrogens with one attached hydrogen (secondary N) is 1. The molecule has 1 amide bonds. The number of carbonyl (C=O) groups is 1. The Kier molecular flexibility index (Phi) is 33.5. The first-order chi connectivity index (χ1) is 34.2. The summed E-state index contributed by atoms with van der Waals surface area (Å²) in [5.74, 6) is -0.276. The lowest BCUT2D eigenvalue weighted by molar-refractivity contribution is -0.342. The van der Waals surface area contributed by atoms with Gasteiger partial charge in [0, 0.05) is 6.42 Å². The Labute approximate surface area is 423 Å². The zero-order chi connectivity index (χ0) is 52.0. The van der Waals surface area contributed by atoms with E-state index in [1.54, 1.807) is 6.08 Å². The molecule has 0 aromatic heterocycles. The second-order valence-electron chi connectivity index (χ2n) is 20.1. The van der Waals surface area contributed by atoms with E-state index in [0.29, 0.717) is 6.42 Å². The van der Waals surface area contributed by atoms with Gasteiger partial charge < -0.3 is 89.9 Å². The van der Waals surface area contributed by atoms with E-state index in [0.717, 1.165) is 44.9 Å². The second kappa shape index (κ2) is 37.3. The number of unbranched alkanes of at least 4 members (excludes halogenated alkanes) is 23. The first kappa shape index (κ1) is 63.8. The molecule has 0 aromatic carbocycles. The van der Waals surface area contributed by atoms with Crippen molar-refractivity contribution in [3.63, 3.8) is 0 Å². The van der Waals surface area contributed by atoms with Crippen LogP contribution in [0.3, 0.4) is 0 Å². The molecule has 0 spiro atoms. The molecule has 0 saturated carbocycles. The van der Waals surface area contributed by atoms with Crippen LogP contribution < -0.4 is 5.32 Å². The number of amides is 1. The maximum absolute atomic E-state index is 13.2. The van der Waals surface area contributed by atoms with Crippen LogP contribution >= 0.6 is 0 Å². The molecule has 3 rings (SSSR count). The summed E-state index contributed by atoms with van der Waals surface area (Å²) in [4.78, 5) is 13.2. The third-order valence-electron chi connectivity index (χ3n) is 14.0. The molecule has 0 aliphatic carbocycles. The van der Waals surface area contributed by atoms with Crippen LogP contribution in [0.5, 0.6) is 0 Å². The minimum atomic E-state index is -1.85. The van der Waals surface area contributed by atoms with E-state index in [-0.39, 0.29) is 18.9 Å². The molecule has 3 saturated heterocycles. The van der Waals surface area contributed by atoms with E-state index in [9.17, 15) is 61.0 Å². The Bertz CT molecular complexity index is 1370. The number of allylic oxidation sites excluding steroid dienone is 1. The Morgan fingerprint density at radius 2 is 0.831 bits per heavy atom. The predicted molar refractivity (Wildman–Crippen MR) is 263 cm³/mol. The van der Waals surface area contributed by atoms with Crippen molar-refractivity contribution >= 4 is 5.91 Å². The van der Waals surface area contributed by atoms with Crippen LogP contribution in [0.2, 0.25) is 0 Å². The maximum Gasteiger partial charge on any atom is 0.220 e. The molecular formula is C52H97NO18. The van der Waals surface area contributed by atoms with Crippen molar-refractivity contribution in [3.05, 3.63) is 12.2 Å². The number of rotatable bonds is 39. The second-order valence-corrected chi connectivity index (χ2v) is 20.1. The monoisotopic (exact) mass is 1020 g/mol. The Morgan fingerprint density at radius 3 is 1.24 bits per heavy atom. The SMILES string of the molecule is CCCCCCCCCCCCCC=CC(O)C(COC1OC(COC2OC(COC3OC(CO)C(O)C(O)C3O)C(O)C(O)C2O)C(O)C(O)C1O)NC(=O)CCCCCCCCCCCCCCC. The number of carbonyl (C=O) groups excluding carboxylic acids is 1. The van der Waals surface area contributed by atoms with Gasteiger partial charge >= 0.3 is 0 Å². The van der Waals surface area contributed by atoms with Crippen LogP contribution in [0, 0.1) is 0 Å². The van der Waals surface area contributed by atoms with Crippen molar-refractivity contribution in [2.45, 2.75) is 285 Å². The fourth-order valence-electron chi connectivity index (χ4n) is 9.27. The highest BCUT2D eigenvalue weighted by molar-refractivity contribution is 5.76. The van der Waals surface area contributed by atoms with E-state index < -0.39 is 124 Å². The molecule has 12 N–H and O–H groups in total. The molecule has 0 aromatic rings. The Balaban J connectivity index is 1.53. The van der Waals surface area contributed by atoms with Gasteiger partial charge in [-0.05, 0) is 19.3 Å². The van der Waals surface area contributed by atoms with Gasteiger partial charge in [-0.25, -0.2) is 0 Å². The summed E-state index contributed by atoms with van der Waals surface area (Å²) in [5, 5.41) is 119. The van der Waals surface area contributed by atoms with Crippen molar-refractivity contribution in [1.29, 1.82) is 0 Å². The van der Waals surface area contributed by atoms with Gasteiger partial charge in [0.2, 0.25) is 5.91 Å². The summed E-state index contributed by atoms with van der Waals surface area (Å²) in [6.07, 6.45) is 7.04. The van der Waals surface area contributed by atoms with Gasteiger partial charge in [0.15, 0.2) is 18.9 Å². The van der Waals surface area contributed by atoms with Gasteiger partial charge in [-0.1, -0.05) is 167 Å². The lowest BCUT2D eigenvalue weighted by Gasteiger charge is -2.44. The molecule has 3 heterocycles. The smallest absolute Gasteiger partial charge is 0.220 e. The minimum absolute atomic E-state index is 0.248. The fraction of sp³-hybridized carbons (Fsp3) is 0.942. The fourth-order valence-corrected chi connectivity index (χ4v) is 9.27. The molecule has 71 heavy (non-hydrogen) atoms. The van der Waals surface area contributed by atoms with Crippen LogP contribution in [0.4, 0.5) is 0 Å². The minimum Gasteiger partial charge on any atom is -0.394 e. The summed E-state index contributed by atoms with van der Waals surface area (Å²) in [6, 6.07) is -0.964. The number of aliphatic hydroxyl groups excluding tert-OH is 11. The molecular weight excluding hydrogens is 927 g/mol. The molecule has 19 heteroatoms. The van der Waals surface area contributed by atoms with Gasteiger partial charge in [0.25, 0.3) is 0 Å². The number of hydrogen-bond donors (Lipinski definition) is 12. The first-order valence-electron chi connectivity index (χ1n) is 27.4. The van der Waals surface area contributed by atoms with E-state index in [4.69, 9.17) is 28.4 Å². The zero-order valence-corrected chi connectivity index (χ0v) is 43.0. The van der Waals surface area contributed by atoms with Gasteiger partial charge in [-0.15, -0.1) is 0 Å². The van der Waals surface area contributed by atoms with Gasteiger partial charge in [0.1, 0.15) is 73.2 Å². The van der Waals surface area contributed by atoms with Crippen molar-refractivity contribution in [1.82, 2.24) is 5.32 Å². The Hall–Kier alpha value is -1.47. The molecule has 3 aliphatic heterocycles. The highest BCUT2D eigenvalue weighted by Gasteiger charge is 2.49. The highest BCUT2D eigenvalue weighted by Crippen LogP contribution is 2.28. The van der Waals surface area contributed by atoms with Gasteiger partial charge in [0.05, 0.1) is 38.6 Å². The van der Waals surface area contributed by atoms with Gasteiger partial charge in [-0.2, -0.15) is 0 Å². The van der Waals surface area contributed by atoms with Crippen LogP contribution in [-0.4, -0.2) is 193 Å². The van der Waals surface area contributed by atoms with Crippen molar-refractivity contribution < 1.29 is 89.4 Å². The molecule has 17 unspecified atom stereocenters. The quantitative estimate of drug-likeness (QED) is 0.0311. The number of aliphatic hydroxyl groups is 11. The average Bonchev–Trinajstić information content (AvgIpc) is 3.36. The van der Waals surface area contributed by atoms with E-state index in [1.807, 2.05) is 6.08 Å². The van der Waals surface area contributed by atoms with Crippen molar-refractivity contribution in [3.8, 4) is 0 Å².